The third kappa shape index (κ3) is 4.12. The maximum atomic E-state index is 5.61. The van der Waals surface area contributed by atoms with Gasteiger partial charge in [-0.2, -0.15) is 0 Å². The van der Waals surface area contributed by atoms with Crippen molar-refractivity contribution in [3.05, 3.63) is 84.9 Å². The first-order valence-electron chi connectivity index (χ1n) is 9.69. The fourth-order valence-electron chi connectivity index (χ4n) is 3.60. The topological polar surface area (TPSA) is 12.4 Å². The average Bonchev–Trinajstić information content (AvgIpc) is 2.67. The Morgan fingerprint density at radius 3 is 1.56 bits per heavy atom. The molecule has 3 aromatic carbocycles. The van der Waals surface area contributed by atoms with Crippen LogP contribution in [0.15, 0.2) is 89.7 Å². The summed E-state index contributed by atoms with van der Waals surface area (Å²) in [6.07, 6.45) is 0. The summed E-state index contributed by atoms with van der Waals surface area (Å²) in [5.74, 6) is 0. The average molecular weight is 373 g/mol. The van der Waals surface area contributed by atoms with E-state index < -0.39 is 7.05 Å². The number of rotatable bonds is 4. The fraction of sp³-hybridized carbons (Fsp3) is 0.250. The fourth-order valence-corrected chi connectivity index (χ4v) is 7.91. The van der Waals surface area contributed by atoms with E-state index in [1.165, 1.54) is 21.4 Å². The van der Waals surface area contributed by atoms with Gasteiger partial charge in [0.1, 0.15) is 0 Å². The van der Waals surface area contributed by atoms with Crippen LogP contribution >= 0.6 is 7.05 Å². The lowest BCUT2D eigenvalue weighted by atomic mass is 9.49. The number of nitrogens with zero attached hydrogens (tertiary/aromatic N) is 1. The Kier molecular flexibility index (Phi) is 5.77. The van der Waals surface area contributed by atoms with Crippen molar-refractivity contribution in [3.8, 4) is 0 Å². The van der Waals surface area contributed by atoms with E-state index in [1.54, 1.807) is 0 Å². The Hall–Kier alpha value is -2.05. The zero-order valence-corrected chi connectivity index (χ0v) is 17.9. The van der Waals surface area contributed by atoms with Crippen molar-refractivity contribution < 1.29 is 0 Å². The maximum Gasteiger partial charge on any atom is 0.170 e. The second-order valence-corrected chi connectivity index (χ2v) is 11.3. The van der Waals surface area contributed by atoms with Crippen molar-refractivity contribution in [2.75, 3.05) is 0 Å². The molecule has 0 aromatic heterocycles. The third-order valence-corrected chi connectivity index (χ3v) is 8.71. The highest BCUT2D eigenvalue weighted by atomic mass is 31.2. The highest BCUT2D eigenvalue weighted by molar-refractivity contribution is 7.87. The molecule has 0 fully saturated rings. The summed E-state index contributed by atoms with van der Waals surface area (Å²) >= 11 is 0. The Bertz CT molecular complexity index is 897. The van der Waals surface area contributed by atoms with Gasteiger partial charge in [0.05, 0.1) is 12.6 Å². The summed E-state index contributed by atoms with van der Waals surface area (Å²) in [4.78, 5) is 0. The molecule has 0 spiro atoms. The molecule has 0 aliphatic heterocycles. The molecule has 0 atom stereocenters. The molecule has 138 valence electrons. The maximum absolute atomic E-state index is 5.61. The first-order chi connectivity index (χ1) is 12.8. The van der Waals surface area contributed by atoms with E-state index in [9.17, 15) is 0 Å². The van der Waals surface area contributed by atoms with Gasteiger partial charge in [-0.3, -0.25) is 4.74 Å². The molecule has 3 heteroatoms. The second kappa shape index (κ2) is 7.91. The minimum atomic E-state index is -2.14. The molecule has 0 amide bonds. The summed E-state index contributed by atoms with van der Waals surface area (Å²) in [5, 5.41) is 4.02. The summed E-state index contributed by atoms with van der Waals surface area (Å²) < 4.78 is 5.61. The second-order valence-electron chi connectivity index (χ2n) is 8.29. The minimum absolute atomic E-state index is 0.149. The Morgan fingerprint density at radius 1 is 0.667 bits per heavy atom. The molecule has 3 aromatic rings. The van der Waals surface area contributed by atoms with E-state index in [2.05, 4.69) is 119 Å². The van der Waals surface area contributed by atoms with Crippen LogP contribution in [0.1, 0.15) is 20.8 Å². The van der Waals surface area contributed by atoms with Crippen LogP contribution in [0.25, 0.3) is 0 Å². The van der Waals surface area contributed by atoms with Crippen LogP contribution < -0.4 is 21.4 Å². The summed E-state index contributed by atoms with van der Waals surface area (Å²) in [5.41, 5.74) is 1.25. The van der Waals surface area contributed by atoms with E-state index in [0.29, 0.717) is 6.71 Å². The molecule has 1 nitrogen and oxygen atoms in total. The molecule has 0 aliphatic carbocycles. The standard InChI is InChI=1S/C24H29BNP/c1-24(2,3)26-27(20-14-8-6-9-15-20,21-16-10-7-11-17-21)23-19-13-12-18-22(23)25(4)5/h6-19H,1-5H3. The molecule has 0 radical (unpaired) electrons. The quantitative estimate of drug-likeness (QED) is 0.455. The van der Waals surface area contributed by atoms with Gasteiger partial charge in [0, 0.05) is 10.6 Å². The first-order valence-corrected chi connectivity index (χ1v) is 11.4. The predicted molar refractivity (Wildman–Crippen MR) is 124 cm³/mol. The highest BCUT2D eigenvalue weighted by Crippen LogP contribution is 2.48. The SMILES string of the molecule is CB(C)c1ccccc1P(=NC(C)(C)C)(c1ccccc1)c1ccccc1. The molecule has 0 saturated heterocycles. The van der Waals surface area contributed by atoms with Gasteiger partial charge < -0.3 is 0 Å². The zero-order valence-electron chi connectivity index (χ0n) is 17.1. The number of hydrogen-bond acceptors (Lipinski definition) is 1. The highest BCUT2D eigenvalue weighted by Gasteiger charge is 2.32. The molecular weight excluding hydrogens is 344 g/mol. The lowest BCUT2D eigenvalue weighted by Gasteiger charge is -2.33. The van der Waals surface area contributed by atoms with Crippen LogP contribution in [0.5, 0.6) is 0 Å². The molecule has 0 unspecified atom stereocenters. The van der Waals surface area contributed by atoms with Crippen molar-refractivity contribution >= 4 is 35.1 Å². The van der Waals surface area contributed by atoms with Crippen molar-refractivity contribution in [1.29, 1.82) is 0 Å². The van der Waals surface area contributed by atoms with Gasteiger partial charge in [0.25, 0.3) is 0 Å². The Balaban J connectivity index is 2.53. The molecule has 0 aliphatic rings. The summed E-state index contributed by atoms with van der Waals surface area (Å²) in [7, 11) is -2.14. The summed E-state index contributed by atoms with van der Waals surface area (Å²) in [6, 6.07) is 30.7. The lowest BCUT2D eigenvalue weighted by Crippen LogP contribution is -2.41. The van der Waals surface area contributed by atoms with Crippen LogP contribution in [-0.2, 0) is 0 Å². The zero-order chi connectivity index (χ0) is 19.5. The smallest absolute Gasteiger partial charge is 0.170 e. The van der Waals surface area contributed by atoms with Gasteiger partial charge in [-0.05, 0) is 26.1 Å². The van der Waals surface area contributed by atoms with Crippen LogP contribution in [0.4, 0.5) is 0 Å². The predicted octanol–water partition coefficient (Wildman–Crippen LogP) is 4.92. The molecule has 27 heavy (non-hydrogen) atoms. The van der Waals surface area contributed by atoms with Crippen molar-refractivity contribution in [2.45, 2.75) is 40.0 Å². The Morgan fingerprint density at radius 2 is 1.11 bits per heavy atom. The first kappa shape index (κ1) is 19.7. The molecule has 0 saturated carbocycles. The van der Waals surface area contributed by atoms with Gasteiger partial charge in [0.15, 0.2) is 6.71 Å². The number of benzene rings is 3. The van der Waals surface area contributed by atoms with Crippen molar-refractivity contribution in [1.82, 2.24) is 0 Å². The van der Waals surface area contributed by atoms with Crippen LogP contribution in [0.2, 0.25) is 13.6 Å². The van der Waals surface area contributed by atoms with Gasteiger partial charge in [-0.15, -0.1) is 0 Å². The van der Waals surface area contributed by atoms with Gasteiger partial charge in [-0.1, -0.05) is 104 Å². The summed E-state index contributed by atoms with van der Waals surface area (Å²) in [6.45, 7) is 11.6. The van der Waals surface area contributed by atoms with Gasteiger partial charge >= 0.3 is 0 Å². The van der Waals surface area contributed by atoms with E-state index in [0.717, 1.165) is 0 Å². The van der Waals surface area contributed by atoms with E-state index >= 15 is 0 Å². The molecule has 0 N–H and O–H groups in total. The molecular formula is C24H29BNP. The van der Waals surface area contributed by atoms with Crippen LogP contribution in [0.3, 0.4) is 0 Å². The van der Waals surface area contributed by atoms with Gasteiger partial charge in [0.2, 0.25) is 0 Å². The normalized spacial score (nSPS) is 11.9. The van der Waals surface area contributed by atoms with Crippen LogP contribution in [0, 0.1) is 0 Å². The van der Waals surface area contributed by atoms with Gasteiger partial charge in [-0.25, -0.2) is 0 Å². The monoisotopic (exact) mass is 373 g/mol. The number of hydrogen-bond donors (Lipinski definition) is 0. The minimum Gasteiger partial charge on any atom is -0.284 e. The Labute approximate surface area is 165 Å². The van der Waals surface area contributed by atoms with E-state index in [1.807, 2.05) is 0 Å². The van der Waals surface area contributed by atoms with Crippen molar-refractivity contribution in [3.63, 3.8) is 0 Å². The van der Waals surface area contributed by atoms with Crippen LogP contribution in [-0.4, -0.2) is 12.3 Å². The molecule has 3 rings (SSSR count). The lowest BCUT2D eigenvalue weighted by molar-refractivity contribution is 0.591. The molecule has 0 heterocycles. The molecule has 0 bridgehead atoms. The largest absolute Gasteiger partial charge is 0.284 e. The third-order valence-electron chi connectivity index (χ3n) is 4.62. The van der Waals surface area contributed by atoms with E-state index in [4.69, 9.17) is 4.74 Å². The van der Waals surface area contributed by atoms with Crippen molar-refractivity contribution in [2.24, 2.45) is 4.74 Å². The van der Waals surface area contributed by atoms with E-state index in [-0.39, 0.29) is 5.54 Å².